The largest absolute Gasteiger partial charge is 0.465 e. The van der Waals surface area contributed by atoms with Gasteiger partial charge < -0.3 is 9.64 Å². The van der Waals surface area contributed by atoms with Crippen LogP contribution in [-0.2, 0) is 11.3 Å². The molecule has 0 aliphatic carbocycles. The van der Waals surface area contributed by atoms with Crippen LogP contribution in [0.5, 0.6) is 0 Å². The molecule has 1 amide bonds. The number of carbonyl (C=O) groups is 2. The lowest BCUT2D eigenvalue weighted by molar-refractivity contribution is 0.0596. The predicted molar refractivity (Wildman–Crippen MR) is 100 cm³/mol. The minimum absolute atomic E-state index is 0.00689. The van der Waals surface area contributed by atoms with Gasteiger partial charge in [0.2, 0.25) is 0 Å². The average Bonchev–Trinajstić information content (AvgIpc) is 2.69. The number of rotatable bonds is 4. The fourth-order valence-corrected chi connectivity index (χ4v) is 3.13. The molecule has 0 unspecified atom stereocenters. The molecule has 0 aromatic heterocycles. The zero-order valence-corrected chi connectivity index (χ0v) is 15.4. The third kappa shape index (κ3) is 4.42. The number of hydrogen-bond acceptors (Lipinski definition) is 4. The number of piperazine rings is 1. The number of ether oxygens (including phenoxy) is 1. The zero-order valence-electron chi connectivity index (χ0n) is 14.7. The molecule has 1 aliphatic rings. The molecule has 3 rings (SSSR count). The normalized spacial score (nSPS) is 14.9. The summed E-state index contributed by atoms with van der Waals surface area (Å²) < 4.78 is 4.67. The first kappa shape index (κ1) is 18.4. The first-order chi connectivity index (χ1) is 12.6. The maximum absolute atomic E-state index is 12.6. The Hall–Kier alpha value is -2.37. The van der Waals surface area contributed by atoms with Gasteiger partial charge >= 0.3 is 5.97 Å². The van der Waals surface area contributed by atoms with Gasteiger partial charge in [0.25, 0.3) is 5.91 Å². The summed E-state index contributed by atoms with van der Waals surface area (Å²) in [5.74, 6) is -0.410. The number of amides is 1. The lowest BCUT2D eigenvalue weighted by Crippen LogP contribution is -2.48. The van der Waals surface area contributed by atoms with E-state index < -0.39 is 5.97 Å². The molecule has 2 aromatic rings. The van der Waals surface area contributed by atoms with Crippen LogP contribution in [0.3, 0.4) is 0 Å². The minimum Gasteiger partial charge on any atom is -0.465 e. The SMILES string of the molecule is COC(=O)c1ccc(C(=O)N2CCN(Cc3ccc(Cl)cc3)CC2)cc1. The lowest BCUT2D eigenvalue weighted by atomic mass is 10.1. The van der Waals surface area contributed by atoms with E-state index in [-0.39, 0.29) is 5.91 Å². The van der Waals surface area contributed by atoms with E-state index in [4.69, 9.17) is 11.6 Å². The van der Waals surface area contributed by atoms with E-state index in [9.17, 15) is 9.59 Å². The fourth-order valence-electron chi connectivity index (χ4n) is 3.01. The van der Waals surface area contributed by atoms with Crippen molar-refractivity contribution in [2.45, 2.75) is 6.54 Å². The highest BCUT2D eigenvalue weighted by Crippen LogP contribution is 2.15. The first-order valence-corrected chi connectivity index (χ1v) is 8.89. The Balaban J connectivity index is 1.54. The van der Waals surface area contributed by atoms with Crippen molar-refractivity contribution in [1.29, 1.82) is 0 Å². The molecule has 2 aromatic carbocycles. The molecule has 136 valence electrons. The van der Waals surface area contributed by atoms with Crippen LogP contribution in [0.1, 0.15) is 26.3 Å². The fraction of sp³-hybridized carbons (Fsp3) is 0.300. The first-order valence-electron chi connectivity index (χ1n) is 8.51. The molecular weight excluding hydrogens is 352 g/mol. The summed E-state index contributed by atoms with van der Waals surface area (Å²) in [5.41, 5.74) is 2.24. The number of carbonyl (C=O) groups excluding carboxylic acids is 2. The molecule has 1 aliphatic heterocycles. The number of methoxy groups -OCH3 is 1. The molecule has 1 heterocycles. The molecule has 1 fully saturated rings. The van der Waals surface area contributed by atoms with Crippen molar-refractivity contribution < 1.29 is 14.3 Å². The third-order valence-corrected chi connectivity index (χ3v) is 4.78. The summed E-state index contributed by atoms with van der Waals surface area (Å²) in [5, 5.41) is 0.738. The van der Waals surface area contributed by atoms with Gasteiger partial charge in [-0.2, -0.15) is 0 Å². The smallest absolute Gasteiger partial charge is 0.337 e. The van der Waals surface area contributed by atoms with Gasteiger partial charge in [-0.1, -0.05) is 23.7 Å². The lowest BCUT2D eigenvalue weighted by Gasteiger charge is -2.34. The maximum atomic E-state index is 12.6. The van der Waals surface area contributed by atoms with Gasteiger partial charge in [-0.15, -0.1) is 0 Å². The Morgan fingerprint density at radius 2 is 1.50 bits per heavy atom. The van der Waals surface area contributed by atoms with E-state index in [1.54, 1.807) is 24.3 Å². The number of nitrogens with zero attached hydrogens (tertiary/aromatic N) is 2. The highest BCUT2D eigenvalue weighted by Gasteiger charge is 2.22. The summed E-state index contributed by atoms with van der Waals surface area (Å²) in [6.45, 7) is 3.88. The van der Waals surface area contributed by atoms with Gasteiger partial charge in [-0.05, 0) is 42.0 Å². The van der Waals surface area contributed by atoms with Crippen molar-refractivity contribution in [2.75, 3.05) is 33.3 Å². The molecule has 0 bridgehead atoms. The van der Waals surface area contributed by atoms with Crippen molar-refractivity contribution in [2.24, 2.45) is 0 Å². The molecule has 0 atom stereocenters. The molecule has 0 saturated carbocycles. The van der Waals surface area contributed by atoms with E-state index in [1.807, 2.05) is 29.2 Å². The zero-order chi connectivity index (χ0) is 18.5. The molecule has 1 saturated heterocycles. The molecule has 6 heteroatoms. The molecule has 26 heavy (non-hydrogen) atoms. The van der Waals surface area contributed by atoms with Crippen LogP contribution >= 0.6 is 11.6 Å². The third-order valence-electron chi connectivity index (χ3n) is 4.53. The van der Waals surface area contributed by atoms with E-state index in [2.05, 4.69) is 9.64 Å². The van der Waals surface area contributed by atoms with Crippen molar-refractivity contribution in [1.82, 2.24) is 9.80 Å². The topological polar surface area (TPSA) is 49.9 Å². The second-order valence-corrected chi connectivity index (χ2v) is 6.70. The van der Waals surface area contributed by atoms with Crippen LogP contribution in [-0.4, -0.2) is 55.0 Å². The molecule has 0 radical (unpaired) electrons. The van der Waals surface area contributed by atoms with Crippen molar-refractivity contribution in [3.8, 4) is 0 Å². The Morgan fingerprint density at radius 3 is 2.08 bits per heavy atom. The number of esters is 1. The van der Waals surface area contributed by atoms with Crippen LogP contribution in [0, 0.1) is 0 Å². The second kappa shape index (κ2) is 8.34. The van der Waals surface area contributed by atoms with E-state index in [0.717, 1.165) is 24.7 Å². The molecule has 0 spiro atoms. The van der Waals surface area contributed by atoms with Crippen molar-refractivity contribution in [3.63, 3.8) is 0 Å². The standard InChI is InChI=1S/C20H21ClN2O3/c1-26-20(25)17-6-4-16(5-7-17)19(24)23-12-10-22(11-13-23)14-15-2-8-18(21)9-3-15/h2-9H,10-14H2,1H3. The van der Waals surface area contributed by atoms with Crippen LogP contribution in [0.4, 0.5) is 0 Å². The molecule has 0 N–H and O–H groups in total. The highest BCUT2D eigenvalue weighted by molar-refractivity contribution is 6.30. The summed E-state index contributed by atoms with van der Waals surface area (Å²) in [6, 6.07) is 14.4. The maximum Gasteiger partial charge on any atom is 0.337 e. The van der Waals surface area contributed by atoms with Gasteiger partial charge in [-0.3, -0.25) is 9.69 Å². The Morgan fingerprint density at radius 1 is 0.923 bits per heavy atom. The summed E-state index contributed by atoms with van der Waals surface area (Å²) in [6.07, 6.45) is 0. The number of halogens is 1. The van der Waals surface area contributed by atoms with E-state index in [1.165, 1.54) is 12.7 Å². The Kier molecular flexibility index (Phi) is 5.91. The van der Waals surface area contributed by atoms with Crippen LogP contribution in [0.25, 0.3) is 0 Å². The Labute approximate surface area is 158 Å². The number of hydrogen-bond donors (Lipinski definition) is 0. The summed E-state index contributed by atoms with van der Waals surface area (Å²) in [7, 11) is 1.34. The van der Waals surface area contributed by atoms with E-state index >= 15 is 0 Å². The van der Waals surface area contributed by atoms with Crippen molar-refractivity contribution in [3.05, 3.63) is 70.2 Å². The van der Waals surface area contributed by atoms with Gasteiger partial charge in [-0.25, -0.2) is 4.79 Å². The Bertz CT molecular complexity index is 767. The van der Waals surface area contributed by atoms with Crippen LogP contribution < -0.4 is 0 Å². The van der Waals surface area contributed by atoms with E-state index in [0.29, 0.717) is 24.2 Å². The van der Waals surface area contributed by atoms with Gasteiger partial charge in [0.1, 0.15) is 0 Å². The summed E-state index contributed by atoms with van der Waals surface area (Å²) >= 11 is 5.92. The average molecular weight is 373 g/mol. The van der Waals surface area contributed by atoms with Crippen LogP contribution in [0.2, 0.25) is 5.02 Å². The minimum atomic E-state index is -0.403. The highest BCUT2D eigenvalue weighted by atomic mass is 35.5. The molecular formula is C20H21ClN2O3. The predicted octanol–water partition coefficient (Wildman–Crippen LogP) is 3.08. The second-order valence-electron chi connectivity index (χ2n) is 6.26. The monoisotopic (exact) mass is 372 g/mol. The number of benzene rings is 2. The van der Waals surface area contributed by atoms with Gasteiger partial charge in [0.05, 0.1) is 12.7 Å². The van der Waals surface area contributed by atoms with Crippen molar-refractivity contribution >= 4 is 23.5 Å². The van der Waals surface area contributed by atoms with Gasteiger partial charge in [0, 0.05) is 43.3 Å². The van der Waals surface area contributed by atoms with Gasteiger partial charge in [0.15, 0.2) is 0 Å². The van der Waals surface area contributed by atoms with Crippen LogP contribution in [0.15, 0.2) is 48.5 Å². The quantitative estimate of drug-likeness (QED) is 0.774. The summed E-state index contributed by atoms with van der Waals surface area (Å²) in [4.78, 5) is 28.3. The molecule has 5 nitrogen and oxygen atoms in total.